The fourth-order valence-electron chi connectivity index (χ4n) is 1.79. The van der Waals surface area contributed by atoms with Crippen molar-refractivity contribution in [2.45, 2.75) is 43.6 Å². The molecule has 17 heavy (non-hydrogen) atoms. The van der Waals surface area contributed by atoms with E-state index in [-0.39, 0.29) is 10.7 Å². The number of carbonyl (C=O) groups is 1. The molecule has 1 fully saturated rings. The molecule has 1 aliphatic rings. The first-order chi connectivity index (χ1) is 8.22. The SMILES string of the molecule is CCC(Br)C(=O)N(Cc1ccccn1)C1CC1. The van der Waals surface area contributed by atoms with Crippen LogP contribution >= 0.6 is 15.9 Å². The Balaban J connectivity index is 2.05. The van der Waals surface area contributed by atoms with Crippen LogP contribution < -0.4 is 0 Å². The number of hydrogen-bond acceptors (Lipinski definition) is 2. The molecule has 3 nitrogen and oxygen atoms in total. The summed E-state index contributed by atoms with van der Waals surface area (Å²) in [5, 5.41) is 0. The molecule has 2 rings (SSSR count). The lowest BCUT2D eigenvalue weighted by Crippen LogP contribution is -2.37. The molecule has 1 heterocycles. The summed E-state index contributed by atoms with van der Waals surface area (Å²) in [5.74, 6) is 0.195. The van der Waals surface area contributed by atoms with Gasteiger partial charge in [0.1, 0.15) is 0 Å². The number of nitrogens with zero attached hydrogens (tertiary/aromatic N) is 2. The molecule has 1 aliphatic carbocycles. The third-order valence-corrected chi connectivity index (χ3v) is 3.99. The van der Waals surface area contributed by atoms with Crippen LogP contribution in [-0.4, -0.2) is 26.7 Å². The number of pyridine rings is 1. The van der Waals surface area contributed by atoms with Crippen LogP contribution in [0.15, 0.2) is 24.4 Å². The monoisotopic (exact) mass is 296 g/mol. The summed E-state index contributed by atoms with van der Waals surface area (Å²) in [6, 6.07) is 6.25. The van der Waals surface area contributed by atoms with Gasteiger partial charge in [0.25, 0.3) is 0 Å². The number of hydrogen-bond donors (Lipinski definition) is 0. The van der Waals surface area contributed by atoms with Crippen molar-refractivity contribution < 1.29 is 4.79 Å². The fraction of sp³-hybridized carbons (Fsp3) is 0.538. The minimum absolute atomic E-state index is 0.0631. The number of carbonyl (C=O) groups excluding carboxylic acids is 1. The molecule has 4 heteroatoms. The molecule has 0 aromatic carbocycles. The van der Waals surface area contributed by atoms with Crippen molar-refractivity contribution in [1.29, 1.82) is 0 Å². The van der Waals surface area contributed by atoms with Crippen LogP contribution in [0.3, 0.4) is 0 Å². The van der Waals surface area contributed by atoms with E-state index in [1.165, 1.54) is 0 Å². The molecule has 92 valence electrons. The molecule has 1 aromatic heterocycles. The topological polar surface area (TPSA) is 33.2 Å². The van der Waals surface area contributed by atoms with Crippen LogP contribution in [0.2, 0.25) is 0 Å². The van der Waals surface area contributed by atoms with Crippen molar-refractivity contribution in [2.24, 2.45) is 0 Å². The molecule has 0 spiro atoms. The van der Waals surface area contributed by atoms with E-state index in [0.29, 0.717) is 12.6 Å². The van der Waals surface area contributed by atoms with Gasteiger partial charge in [0.15, 0.2) is 0 Å². The predicted molar refractivity (Wildman–Crippen MR) is 70.8 cm³/mol. The maximum Gasteiger partial charge on any atom is 0.236 e. The van der Waals surface area contributed by atoms with E-state index in [9.17, 15) is 4.79 Å². The number of halogens is 1. The molecule has 1 aromatic rings. The maximum absolute atomic E-state index is 12.2. The zero-order valence-corrected chi connectivity index (χ0v) is 11.6. The van der Waals surface area contributed by atoms with E-state index in [1.54, 1.807) is 6.20 Å². The lowest BCUT2D eigenvalue weighted by atomic mass is 10.2. The Kier molecular flexibility index (Phi) is 4.15. The highest BCUT2D eigenvalue weighted by Gasteiger charge is 2.34. The number of amides is 1. The molecule has 1 amide bonds. The van der Waals surface area contributed by atoms with Gasteiger partial charge in [-0.15, -0.1) is 0 Å². The van der Waals surface area contributed by atoms with Crippen LogP contribution in [0.25, 0.3) is 0 Å². The minimum Gasteiger partial charge on any atom is -0.333 e. The summed E-state index contributed by atoms with van der Waals surface area (Å²) in [4.78, 5) is 18.4. The smallest absolute Gasteiger partial charge is 0.236 e. The van der Waals surface area contributed by atoms with Crippen LogP contribution in [0.5, 0.6) is 0 Å². The molecular formula is C13H17BrN2O. The van der Waals surface area contributed by atoms with Crippen LogP contribution in [0.4, 0.5) is 0 Å². The van der Waals surface area contributed by atoms with Crippen molar-refractivity contribution in [3.8, 4) is 0 Å². The molecule has 1 unspecified atom stereocenters. The highest BCUT2D eigenvalue weighted by molar-refractivity contribution is 9.10. The van der Waals surface area contributed by atoms with E-state index < -0.39 is 0 Å². The van der Waals surface area contributed by atoms with E-state index in [4.69, 9.17) is 0 Å². The van der Waals surface area contributed by atoms with Gasteiger partial charge in [-0.1, -0.05) is 28.9 Å². The Morgan fingerprint density at radius 3 is 2.88 bits per heavy atom. The molecule has 0 bridgehead atoms. The Morgan fingerprint density at radius 1 is 1.59 bits per heavy atom. The van der Waals surface area contributed by atoms with Crippen LogP contribution in [0, 0.1) is 0 Å². The second-order valence-corrected chi connectivity index (χ2v) is 5.50. The molecule has 0 radical (unpaired) electrons. The second-order valence-electron chi connectivity index (χ2n) is 4.39. The van der Waals surface area contributed by atoms with Crippen molar-refractivity contribution in [3.63, 3.8) is 0 Å². The van der Waals surface area contributed by atoms with Crippen LogP contribution in [0.1, 0.15) is 31.9 Å². The summed E-state index contributed by atoms with van der Waals surface area (Å²) in [6.45, 7) is 2.65. The predicted octanol–water partition coefficient (Wildman–Crippen LogP) is 2.75. The van der Waals surface area contributed by atoms with Gasteiger partial charge in [-0.3, -0.25) is 9.78 Å². The van der Waals surface area contributed by atoms with Crippen molar-refractivity contribution in [2.75, 3.05) is 0 Å². The Hall–Kier alpha value is -0.900. The third-order valence-electron chi connectivity index (χ3n) is 2.96. The van der Waals surface area contributed by atoms with Gasteiger partial charge in [-0.05, 0) is 31.4 Å². The Labute approximate surface area is 110 Å². The molecule has 0 saturated heterocycles. The minimum atomic E-state index is -0.0631. The van der Waals surface area contributed by atoms with Gasteiger partial charge in [0.2, 0.25) is 5.91 Å². The Morgan fingerprint density at radius 2 is 2.35 bits per heavy atom. The summed E-state index contributed by atoms with van der Waals surface area (Å²) in [6.07, 6.45) is 4.85. The number of alkyl halides is 1. The van der Waals surface area contributed by atoms with E-state index in [0.717, 1.165) is 25.0 Å². The van der Waals surface area contributed by atoms with E-state index >= 15 is 0 Å². The van der Waals surface area contributed by atoms with Gasteiger partial charge in [0, 0.05) is 12.2 Å². The molecular weight excluding hydrogens is 280 g/mol. The molecule has 0 N–H and O–H groups in total. The zero-order chi connectivity index (χ0) is 12.3. The number of aromatic nitrogens is 1. The second kappa shape index (κ2) is 5.63. The van der Waals surface area contributed by atoms with Gasteiger partial charge < -0.3 is 4.90 Å². The van der Waals surface area contributed by atoms with Crippen molar-refractivity contribution in [3.05, 3.63) is 30.1 Å². The number of rotatable bonds is 5. The average Bonchev–Trinajstić information content (AvgIpc) is 3.19. The quantitative estimate of drug-likeness (QED) is 0.783. The van der Waals surface area contributed by atoms with Gasteiger partial charge in [-0.2, -0.15) is 0 Å². The van der Waals surface area contributed by atoms with Crippen molar-refractivity contribution in [1.82, 2.24) is 9.88 Å². The third kappa shape index (κ3) is 3.28. The Bertz CT molecular complexity index is 378. The highest BCUT2D eigenvalue weighted by Crippen LogP contribution is 2.29. The summed E-state index contributed by atoms with van der Waals surface area (Å²) in [5.41, 5.74) is 0.962. The lowest BCUT2D eigenvalue weighted by molar-refractivity contribution is -0.131. The first kappa shape index (κ1) is 12.6. The largest absolute Gasteiger partial charge is 0.333 e. The van der Waals surface area contributed by atoms with E-state index in [1.807, 2.05) is 30.0 Å². The van der Waals surface area contributed by atoms with Gasteiger partial charge in [-0.25, -0.2) is 0 Å². The maximum atomic E-state index is 12.2. The lowest BCUT2D eigenvalue weighted by Gasteiger charge is -2.24. The standard InChI is InChI=1S/C13H17BrN2O/c1-2-12(14)13(17)16(11-6-7-11)9-10-5-3-4-8-15-10/h3-5,8,11-12H,2,6-7,9H2,1H3. The summed E-state index contributed by atoms with van der Waals surface area (Å²) in [7, 11) is 0. The molecule has 0 aliphatic heterocycles. The summed E-state index contributed by atoms with van der Waals surface area (Å²) >= 11 is 3.44. The average molecular weight is 297 g/mol. The molecule has 1 saturated carbocycles. The normalized spacial score (nSPS) is 16.6. The first-order valence-electron chi connectivity index (χ1n) is 6.06. The van der Waals surface area contributed by atoms with Crippen molar-refractivity contribution >= 4 is 21.8 Å². The summed E-state index contributed by atoms with van der Waals surface area (Å²) < 4.78 is 0. The highest BCUT2D eigenvalue weighted by atomic mass is 79.9. The zero-order valence-electron chi connectivity index (χ0n) is 9.97. The molecule has 1 atom stereocenters. The van der Waals surface area contributed by atoms with Crippen LogP contribution in [-0.2, 0) is 11.3 Å². The van der Waals surface area contributed by atoms with Gasteiger partial charge in [0.05, 0.1) is 17.1 Å². The fourth-order valence-corrected chi connectivity index (χ4v) is 2.06. The first-order valence-corrected chi connectivity index (χ1v) is 6.98. The van der Waals surface area contributed by atoms with Gasteiger partial charge >= 0.3 is 0 Å². The van der Waals surface area contributed by atoms with E-state index in [2.05, 4.69) is 20.9 Å².